The molecule has 2 heterocycles. The number of anilines is 2. The van der Waals surface area contributed by atoms with Gasteiger partial charge in [-0.3, -0.25) is 0 Å². The third-order valence-electron chi connectivity index (χ3n) is 3.07. The Balaban J connectivity index is 2.09. The Morgan fingerprint density at radius 1 is 1.44 bits per heavy atom. The molecule has 0 bridgehead atoms. The number of nitrogens with two attached hydrogens (primary N) is 2. The van der Waals surface area contributed by atoms with Crippen LogP contribution in [0.4, 0.5) is 11.5 Å². The van der Waals surface area contributed by atoms with Gasteiger partial charge < -0.3 is 16.4 Å². The molecule has 1 atom stereocenters. The van der Waals surface area contributed by atoms with Crippen molar-refractivity contribution in [3.05, 3.63) is 18.2 Å². The highest BCUT2D eigenvalue weighted by molar-refractivity contribution is 7.14. The van der Waals surface area contributed by atoms with Gasteiger partial charge in [0, 0.05) is 24.5 Å². The van der Waals surface area contributed by atoms with E-state index in [0.717, 1.165) is 24.9 Å². The van der Waals surface area contributed by atoms with E-state index in [1.165, 1.54) is 21.9 Å². The standard InChI is InChI=1S/C11H14N4S/c12-7-4-5-15(6-7)9-3-1-2-8-10(9)16-14-11(8)13/h1-3,7H,4-6,12H2,(H2,13,14). The van der Waals surface area contributed by atoms with Crippen LogP contribution in [0.2, 0.25) is 0 Å². The Bertz CT molecular complexity index is 522. The molecule has 1 aliphatic rings. The average molecular weight is 234 g/mol. The lowest BCUT2D eigenvalue weighted by atomic mass is 10.2. The molecule has 1 fully saturated rings. The van der Waals surface area contributed by atoms with E-state index in [1.54, 1.807) is 0 Å². The molecular weight excluding hydrogens is 220 g/mol. The van der Waals surface area contributed by atoms with Crippen molar-refractivity contribution in [1.82, 2.24) is 4.37 Å². The number of nitrogens with zero attached hydrogens (tertiary/aromatic N) is 2. The molecule has 1 unspecified atom stereocenters. The fourth-order valence-corrected chi connectivity index (χ4v) is 3.07. The Morgan fingerprint density at radius 3 is 3.06 bits per heavy atom. The monoisotopic (exact) mass is 234 g/mol. The Hall–Kier alpha value is -1.33. The summed E-state index contributed by atoms with van der Waals surface area (Å²) in [6, 6.07) is 6.47. The van der Waals surface area contributed by atoms with Gasteiger partial charge in [0.25, 0.3) is 0 Å². The molecule has 5 heteroatoms. The molecule has 16 heavy (non-hydrogen) atoms. The van der Waals surface area contributed by atoms with Crippen molar-refractivity contribution >= 4 is 33.1 Å². The van der Waals surface area contributed by atoms with E-state index < -0.39 is 0 Å². The molecule has 1 aromatic carbocycles. The van der Waals surface area contributed by atoms with Gasteiger partial charge in [-0.1, -0.05) is 6.07 Å². The molecule has 3 rings (SSSR count). The van der Waals surface area contributed by atoms with Gasteiger partial charge in [-0.25, -0.2) is 0 Å². The number of aromatic nitrogens is 1. The molecule has 1 aliphatic heterocycles. The van der Waals surface area contributed by atoms with Gasteiger partial charge in [-0.05, 0) is 30.1 Å². The van der Waals surface area contributed by atoms with Crippen LogP contribution in [-0.4, -0.2) is 23.5 Å². The van der Waals surface area contributed by atoms with Crippen molar-refractivity contribution in [2.24, 2.45) is 5.73 Å². The fraction of sp³-hybridized carbons (Fsp3) is 0.364. The predicted molar refractivity (Wildman–Crippen MR) is 68.8 cm³/mol. The molecule has 84 valence electrons. The second kappa shape index (κ2) is 3.61. The number of hydrogen-bond acceptors (Lipinski definition) is 5. The topological polar surface area (TPSA) is 68.2 Å². The third kappa shape index (κ3) is 1.44. The van der Waals surface area contributed by atoms with Gasteiger partial charge in [-0.2, -0.15) is 4.37 Å². The molecule has 0 saturated carbocycles. The van der Waals surface area contributed by atoms with Crippen LogP contribution < -0.4 is 16.4 Å². The van der Waals surface area contributed by atoms with Crippen LogP contribution in [-0.2, 0) is 0 Å². The minimum atomic E-state index is 0.292. The lowest BCUT2D eigenvalue weighted by Crippen LogP contribution is -2.26. The molecule has 0 radical (unpaired) electrons. The first kappa shape index (κ1) is 9.86. The van der Waals surface area contributed by atoms with E-state index in [-0.39, 0.29) is 0 Å². The van der Waals surface area contributed by atoms with Crippen molar-refractivity contribution in [1.29, 1.82) is 0 Å². The van der Waals surface area contributed by atoms with Crippen molar-refractivity contribution in [3.8, 4) is 0 Å². The molecule has 4 N–H and O–H groups in total. The normalized spacial score (nSPS) is 20.8. The van der Waals surface area contributed by atoms with E-state index in [2.05, 4.69) is 15.3 Å². The highest BCUT2D eigenvalue weighted by Crippen LogP contribution is 2.34. The van der Waals surface area contributed by atoms with Crippen LogP contribution in [0.5, 0.6) is 0 Å². The summed E-state index contributed by atoms with van der Waals surface area (Å²) in [6.45, 7) is 1.95. The maximum Gasteiger partial charge on any atom is 0.145 e. The van der Waals surface area contributed by atoms with E-state index in [4.69, 9.17) is 11.5 Å². The summed E-state index contributed by atoms with van der Waals surface area (Å²) >= 11 is 1.47. The maximum absolute atomic E-state index is 5.93. The van der Waals surface area contributed by atoms with Crippen molar-refractivity contribution < 1.29 is 0 Å². The lowest BCUT2D eigenvalue weighted by Gasteiger charge is -2.18. The van der Waals surface area contributed by atoms with Crippen molar-refractivity contribution in [3.63, 3.8) is 0 Å². The second-order valence-corrected chi connectivity index (χ2v) is 4.99. The highest BCUT2D eigenvalue weighted by Gasteiger charge is 2.21. The van der Waals surface area contributed by atoms with E-state index in [9.17, 15) is 0 Å². The largest absolute Gasteiger partial charge is 0.382 e. The van der Waals surface area contributed by atoms with Crippen LogP contribution in [0.25, 0.3) is 10.1 Å². The van der Waals surface area contributed by atoms with Crippen LogP contribution in [0.1, 0.15) is 6.42 Å². The van der Waals surface area contributed by atoms with Gasteiger partial charge in [0.05, 0.1) is 10.4 Å². The molecular formula is C11H14N4S. The Labute approximate surface area is 98.0 Å². The summed E-state index contributed by atoms with van der Waals surface area (Å²) in [5, 5.41) is 1.06. The van der Waals surface area contributed by atoms with Crippen LogP contribution in [0.3, 0.4) is 0 Å². The summed E-state index contributed by atoms with van der Waals surface area (Å²) in [5.41, 5.74) is 13.0. The number of nitrogen functional groups attached to an aromatic ring is 1. The van der Waals surface area contributed by atoms with Gasteiger partial charge in [0.1, 0.15) is 5.82 Å². The zero-order valence-electron chi connectivity index (χ0n) is 8.89. The molecule has 0 amide bonds. The van der Waals surface area contributed by atoms with Crippen molar-refractivity contribution in [2.45, 2.75) is 12.5 Å². The zero-order chi connectivity index (χ0) is 11.1. The van der Waals surface area contributed by atoms with E-state index in [0.29, 0.717) is 11.9 Å². The number of rotatable bonds is 1. The van der Waals surface area contributed by atoms with Crippen LogP contribution in [0.15, 0.2) is 18.2 Å². The highest BCUT2D eigenvalue weighted by atomic mass is 32.1. The molecule has 1 saturated heterocycles. The second-order valence-electron chi connectivity index (χ2n) is 4.22. The molecule has 4 nitrogen and oxygen atoms in total. The number of benzene rings is 1. The average Bonchev–Trinajstić information content (AvgIpc) is 2.86. The summed E-state index contributed by atoms with van der Waals surface area (Å²) in [4.78, 5) is 2.32. The van der Waals surface area contributed by atoms with Crippen LogP contribution in [0, 0.1) is 0 Å². The minimum Gasteiger partial charge on any atom is -0.382 e. The van der Waals surface area contributed by atoms with Gasteiger partial charge in [-0.15, -0.1) is 0 Å². The molecule has 1 aromatic heterocycles. The SMILES string of the molecule is Nc1nsc2c(N3CCC(N)C3)cccc12. The maximum atomic E-state index is 5.93. The van der Waals surface area contributed by atoms with Crippen molar-refractivity contribution in [2.75, 3.05) is 23.7 Å². The summed E-state index contributed by atoms with van der Waals surface area (Å²) in [6.07, 6.45) is 1.06. The van der Waals surface area contributed by atoms with E-state index in [1.807, 2.05) is 12.1 Å². The molecule has 0 aliphatic carbocycles. The third-order valence-corrected chi connectivity index (χ3v) is 3.97. The quantitative estimate of drug-likeness (QED) is 0.783. The fourth-order valence-electron chi connectivity index (χ4n) is 2.22. The number of hydrogen-bond donors (Lipinski definition) is 2. The van der Waals surface area contributed by atoms with Gasteiger partial charge >= 0.3 is 0 Å². The predicted octanol–water partition coefficient (Wildman–Crippen LogP) is 1.42. The van der Waals surface area contributed by atoms with Crippen LogP contribution >= 0.6 is 11.5 Å². The first-order valence-corrected chi connectivity index (χ1v) is 6.17. The first-order chi connectivity index (χ1) is 7.75. The summed E-state index contributed by atoms with van der Waals surface area (Å²) < 4.78 is 5.38. The van der Waals surface area contributed by atoms with Gasteiger partial charge in [0.2, 0.25) is 0 Å². The van der Waals surface area contributed by atoms with E-state index >= 15 is 0 Å². The summed E-state index contributed by atoms with van der Waals surface area (Å²) in [5.74, 6) is 0.630. The summed E-state index contributed by atoms with van der Waals surface area (Å²) in [7, 11) is 0. The Morgan fingerprint density at radius 2 is 2.31 bits per heavy atom. The van der Waals surface area contributed by atoms with Gasteiger partial charge in [0.15, 0.2) is 0 Å². The molecule has 0 spiro atoms. The lowest BCUT2D eigenvalue weighted by molar-refractivity contribution is 0.752. The zero-order valence-corrected chi connectivity index (χ0v) is 9.70. The molecule has 2 aromatic rings. The Kier molecular flexibility index (Phi) is 2.22. The first-order valence-electron chi connectivity index (χ1n) is 5.40. The smallest absolute Gasteiger partial charge is 0.145 e. The number of fused-ring (bicyclic) bond motifs is 1. The minimum absolute atomic E-state index is 0.292.